The molecule has 3 rings (SSSR count). The first-order chi connectivity index (χ1) is 10.8. The molecule has 0 fully saturated rings. The second kappa shape index (κ2) is 6.26. The van der Waals surface area contributed by atoms with Crippen LogP contribution in [0.15, 0.2) is 65.4 Å². The Morgan fingerprint density at radius 3 is 2.59 bits per heavy atom. The summed E-state index contributed by atoms with van der Waals surface area (Å²) in [4.78, 5) is 12.5. The fraction of sp³-hybridized carbons (Fsp3) is 0.111. The molecule has 1 amide bonds. The van der Waals surface area contributed by atoms with Crippen molar-refractivity contribution in [2.24, 2.45) is 0 Å². The molecule has 22 heavy (non-hydrogen) atoms. The van der Waals surface area contributed by atoms with Crippen molar-refractivity contribution in [1.82, 2.24) is 5.16 Å². The quantitative estimate of drug-likeness (QED) is 0.785. The first kappa shape index (κ1) is 14.1. The van der Waals surface area contributed by atoms with E-state index < -0.39 is 0 Å². The van der Waals surface area contributed by atoms with Crippen LogP contribution in [-0.2, 0) is 6.42 Å². The maximum atomic E-state index is 12.5. The Morgan fingerprint density at radius 2 is 1.82 bits per heavy atom. The SMILES string of the molecule is CCc1ccccc1NC(=O)c1conc1-c1ccccc1. The zero-order valence-corrected chi connectivity index (χ0v) is 12.2. The molecule has 1 aromatic heterocycles. The molecule has 0 aliphatic carbocycles. The molecule has 0 aliphatic heterocycles. The van der Waals surface area contributed by atoms with Gasteiger partial charge in [-0.1, -0.05) is 60.6 Å². The van der Waals surface area contributed by atoms with Crippen LogP contribution in [0.1, 0.15) is 22.8 Å². The summed E-state index contributed by atoms with van der Waals surface area (Å²) < 4.78 is 5.00. The molecule has 4 nitrogen and oxygen atoms in total. The van der Waals surface area contributed by atoms with Crippen LogP contribution in [0, 0.1) is 0 Å². The molecule has 110 valence electrons. The first-order valence-corrected chi connectivity index (χ1v) is 7.18. The number of para-hydroxylation sites is 1. The Morgan fingerprint density at radius 1 is 1.09 bits per heavy atom. The normalized spacial score (nSPS) is 10.4. The Labute approximate surface area is 128 Å². The maximum Gasteiger partial charge on any atom is 0.261 e. The standard InChI is InChI=1S/C18H16N2O2/c1-2-13-8-6-7-11-16(13)19-18(21)15-12-22-20-17(15)14-9-4-3-5-10-14/h3-12H,2H2,1H3,(H,19,21). The van der Waals surface area contributed by atoms with Crippen molar-refractivity contribution in [3.63, 3.8) is 0 Å². The fourth-order valence-electron chi connectivity index (χ4n) is 2.34. The molecule has 0 saturated carbocycles. The molecular weight excluding hydrogens is 276 g/mol. The minimum Gasteiger partial charge on any atom is -0.363 e. The number of hydrogen-bond donors (Lipinski definition) is 1. The van der Waals surface area contributed by atoms with Crippen molar-refractivity contribution < 1.29 is 9.32 Å². The summed E-state index contributed by atoms with van der Waals surface area (Å²) in [5.41, 5.74) is 3.73. The molecule has 3 aromatic rings. The van der Waals surface area contributed by atoms with E-state index in [1.165, 1.54) is 6.26 Å². The van der Waals surface area contributed by atoms with E-state index in [-0.39, 0.29) is 5.91 Å². The van der Waals surface area contributed by atoms with Gasteiger partial charge >= 0.3 is 0 Å². The Kier molecular flexibility index (Phi) is 4.01. The number of rotatable bonds is 4. The topological polar surface area (TPSA) is 55.1 Å². The van der Waals surface area contributed by atoms with Crippen molar-refractivity contribution in [1.29, 1.82) is 0 Å². The average molecular weight is 292 g/mol. The number of aromatic nitrogens is 1. The van der Waals surface area contributed by atoms with E-state index in [9.17, 15) is 4.79 Å². The lowest BCUT2D eigenvalue weighted by Gasteiger charge is -2.09. The summed E-state index contributed by atoms with van der Waals surface area (Å²) in [6, 6.07) is 17.3. The lowest BCUT2D eigenvalue weighted by atomic mass is 10.1. The number of nitrogens with one attached hydrogen (secondary N) is 1. The Balaban J connectivity index is 1.90. The third kappa shape index (κ3) is 2.76. The van der Waals surface area contributed by atoms with E-state index in [0.717, 1.165) is 23.2 Å². The van der Waals surface area contributed by atoms with Crippen molar-refractivity contribution >= 4 is 11.6 Å². The van der Waals surface area contributed by atoms with Gasteiger partial charge in [0.2, 0.25) is 0 Å². The van der Waals surface area contributed by atoms with Crippen molar-refractivity contribution in [3.05, 3.63) is 72.0 Å². The summed E-state index contributed by atoms with van der Waals surface area (Å²) in [7, 11) is 0. The minimum absolute atomic E-state index is 0.221. The number of amides is 1. The molecule has 1 heterocycles. The van der Waals surface area contributed by atoms with Crippen LogP contribution in [-0.4, -0.2) is 11.1 Å². The summed E-state index contributed by atoms with van der Waals surface area (Å²) in [5, 5.41) is 6.89. The molecule has 0 saturated heterocycles. The first-order valence-electron chi connectivity index (χ1n) is 7.18. The molecule has 4 heteroatoms. The number of hydrogen-bond acceptors (Lipinski definition) is 3. The fourth-order valence-corrected chi connectivity index (χ4v) is 2.34. The van der Waals surface area contributed by atoms with Gasteiger partial charge in [-0.25, -0.2) is 0 Å². The molecule has 0 spiro atoms. The van der Waals surface area contributed by atoms with Crippen LogP contribution in [0.2, 0.25) is 0 Å². The number of nitrogens with zero attached hydrogens (tertiary/aromatic N) is 1. The summed E-state index contributed by atoms with van der Waals surface area (Å²) in [6.07, 6.45) is 2.23. The van der Waals surface area contributed by atoms with Crippen LogP contribution in [0.5, 0.6) is 0 Å². The smallest absolute Gasteiger partial charge is 0.261 e. The van der Waals surface area contributed by atoms with Crippen LogP contribution in [0.25, 0.3) is 11.3 Å². The molecule has 0 radical (unpaired) electrons. The zero-order valence-electron chi connectivity index (χ0n) is 12.2. The van der Waals surface area contributed by atoms with E-state index in [2.05, 4.69) is 17.4 Å². The predicted octanol–water partition coefficient (Wildman–Crippen LogP) is 4.16. The van der Waals surface area contributed by atoms with Gasteiger partial charge in [0.15, 0.2) is 0 Å². The monoisotopic (exact) mass is 292 g/mol. The number of carbonyl (C=O) groups is 1. The predicted molar refractivity (Wildman–Crippen MR) is 85.7 cm³/mol. The molecule has 0 unspecified atom stereocenters. The molecule has 2 aromatic carbocycles. The largest absolute Gasteiger partial charge is 0.363 e. The number of benzene rings is 2. The van der Waals surface area contributed by atoms with E-state index >= 15 is 0 Å². The van der Waals surface area contributed by atoms with Gasteiger partial charge in [-0.15, -0.1) is 0 Å². The highest BCUT2D eigenvalue weighted by molar-refractivity contribution is 6.08. The highest BCUT2D eigenvalue weighted by Gasteiger charge is 2.18. The third-order valence-corrected chi connectivity index (χ3v) is 3.51. The van der Waals surface area contributed by atoms with Crippen LogP contribution in [0.3, 0.4) is 0 Å². The summed E-state index contributed by atoms with van der Waals surface area (Å²) in [5.74, 6) is -0.221. The van der Waals surface area contributed by atoms with E-state index in [0.29, 0.717) is 11.3 Å². The lowest BCUT2D eigenvalue weighted by molar-refractivity contribution is 0.102. The van der Waals surface area contributed by atoms with E-state index in [1.807, 2.05) is 54.6 Å². The van der Waals surface area contributed by atoms with E-state index in [1.54, 1.807) is 0 Å². The summed E-state index contributed by atoms with van der Waals surface area (Å²) in [6.45, 7) is 2.06. The highest BCUT2D eigenvalue weighted by atomic mass is 16.5. The minimum atomic E-state index is -0.221. The van der Waals surface area contributed by atoms with Crippen LogP contribution in [0.4, 0.5) is 5.69 Å². The third-order valence-electron chi connectivity index (χ3n) is 3.51. The van der Waals surface area contributed by atoms with Gasteiger partial charge in [0, 0.05) is 11.3 Å². The molecule has 0 atom stereocenters. The molecular formula is C18H16N2O2. The maximum absolute atomic E-state index is 12.5. The zero-order chi connectivity index (χ0) is 15.4. The van der Waals surface area contributed by atoms with Gasteiger partial charge in [-0.2, -0.15) is 0 Å². The van der Waals surface area contributed by atoms with Gasteiger partial charge in [-0.05, 0) is 18.1 Å². The second-order valence-corrected chi connectivity index (χ2v) is 4.91. The van der Waals surface area contributed by atoms with Gasteiger partial charge in [0.05, 0.1) is 0 Å². The number of aryl methyl sites for hydroxylation is 1. The van der Waals surface area contributed by atoms with Gasteiger partial charge in [0.1, 0.15) is 17.5 Å². The van der Waals surface area contributed by atoms with Gasteiger partial charge in [0.25, 0.3) is 5.91 Å². The average Bonchev–Trinajstić information content (AvgIpc) is 3.06. The number of anilines is 1. The molecule has 1 N–H and O–H groups in total. The van der Waals surface area contributed by atoms with Crippen molar-refractivity contribution in [3.8, 4) is 11.3 Å². The van der Waals surface area contributed by atoms with Gasteiger partial charge in [-0.3, -0.25) is 4.79 Å². The van der Waals surface area contributed by atoms with Gasteiger partial charge < -0.3 is 9.84 Å². The summed E-state index contributed by atoms with van der Waals surface area (Å²) >= 11 is 0. The lowest BCUT2D eigenvalue weighted by Crippen LogP contribution is -2.13. The Bertz CT molecular complexity index is 779. The van der Waals surface area contributed by atoms with Crippen molar-refractivity contribution in [2.75, 3.05) is 5.32 Å². The van der Waals surface area contributed by atoms with Crippen molar-refractivity contribution in [2.45, 2.75) is 13.3 Å². The highest BCUT2D eigenvalue weighted by Crippen LogP contribution is 2.23. The molecule has 0 bridgehead atoms. The second-order valence-electron chi connectivity index (χ2n) is 4.91. The van der Waals surface area contributed by atoms with E-state index in [4.69, 9.17) is 4.52 Å². The van der Waals surface area contributed by atoms with Crippen LogP contribution < -0.4 is 5.32 Å². The molecule has 0 aliphatic rings. The Hall–Kier alpha value is -2.88. The van der Waals surface area contributed by atoms with Crippen LogP contribution >= 0.6 is 0 Å². The number of carbonyl (C=O) groups excluding carboxylic acids is 1.